The third-order valence-corrected chi connectivity index (χ3v) is 4.24. The molecule has 20 heavy (non-hydrogen) atoms. The van der Waals surface area contributed by atoms with Crippen LogP contribution in [0.1, 0.15) is 43.9 Å². The van der Waals surface area contributed by atoms with Gasteiger partial charge in [-0.15, -0.1) is 0 Å². The topological polar surface area (TPSA) is 32.7 Å². The second-order valence-corrected chi connectivity index (χ2v) is 5.88. The molecule has 2 rings (SSSR count). The van der Waals surface area contributed by atoms with Gasteiger partial charge >= 0.3 is 0 Å². The van der Waals surface area contributed by atoms with Crippen LogP contribution in [-0.4, -0.2) is 35.7 Å². The fraction of sp³-hybridized carbons (Fsp3) is 0.625. The fourth-order valence-corrected chi connectivity index (χ4v) is 3.15. The van der Waals surface area contributed by atoms with Crippen LogP contribution in [0.3, 0.4) is 0 Å². The maximum atomic E-state index is 10.7. The smallest absolute Gasteiger partial charge is 0.128 e. The van der Waals surface area contributed by atoms with Crippen LogP contribution in [-0.2, 0) is 0 Å². The second-order valence-electron chi connectivity index (χ2n) is 5.45. The van der Waals surface area contributed by atoms with Gasteiger partial charge in [0.2, 0.25) is 0 Å². The lowest BCUT2D eigenvalue weighted by atomic mass is 9.95. The number of rotatable bonds is 5. The highest BCUT2D eigenvalue weighted by Crippen LogP contribution is 2.38. The summed E-state index contributed by atoms with van der Waals surface area (Å²) in [4.78, 5) is 2.30. The van der Waals surface area contributed by atoms with Gasteiger partial charge in [-0.2, -0.15) is 0 Å². The molecule has 112 valence electrons. The summed E-state index contributed by atoms with van der Waals surface area (Å²) in [5.74, 6) is 0.796. The number of hydrogen-bond donors (Lipinski definition) is 1. The predicted octanol–water partition coefficient (Wildman–Crippen LogP) is 3.56. The van der Waals surface area contributed by atoms with Gasteiger partial charge in [0.05, 0.1) is 6.04 Å². The van der Waals surface area contributed by atoms with Crippen molar-refractivity contribution in [1.82, 2.24) is 4.90 Å². The average Bonchev–Trinajstić information content (AvgIpc) is 2.42. The molecular weight excluding hydrogens is 274 g/mol. The summed E-state index contributed by atoms with van der Waals surface area (Å²) >= 11 is 6.11. The van der Waals surface area contributed by atoms with E-state index in [0.29, 0.717) is 11.6 Å². The molecular formula is C16H24ClNO2. The molecule has 0 amide bonds. The van der Waals surface area contributed by atoms with Crippen molar-refractivity contribution >= 4 is 11.6 Å². The number of halogens is 1. The van der Waals surface area contributed by atoms with Gasteiger partial charge < -0.3 is 9.84 Å². The Morgan fingerprint density at radius 2 is 2.15 bits per heavy atom. The number of unbranched alkanes of at least 4 members (excludes halogenated alkanes) is 1. The molecule has 2 unspecified atom stereocenters. The summed E-state index contributed by atoms with van der Waals surface area (Å²) < 4.78 is 5.89. The van der Waals surface area contributed by atoms with Gasteiger partial charge in [0.25, 0.3) is 0 Å². The van der Waals surface area contributed by atoms with Crippen molar-refractivity contribution in [3.63, 3.8) is 0 Å². The number of likely N-dealkylation sites (N-methyl/N-ethyl adjacent to an activating group) is 1. The zero-order valence-electron chi connectivity index (χ0n) is 12.5. The number of benzene rings is 1. The molecule has 0 aromatic heterocycles. The van der Waals surface area contributed by atoms with Crippen LogP contribution in [0.2, 0.25) is 5.02 Å². The van der Waals surface area contributed by atoms with E-state index in [0.717, 1.165) is 42.8 Å². The van der Waals surface area contributed by atoms with E-state index in [1.165, 1.54) is 0 Å². The summed E-state index contributed by atoms with van der Waals surface area (Å²) in [6, 6.07) is 3.72. The van der Waals surface area contributed by atoms with E-state index in [4.69, 9.17) is 16.3 Å². The van der Waals surface area contributed by atoms with Crippen molar-refractivity contribution in [2.24, 2.45) is 0 Å². The summed E-state index contributed by atoms with van der Waals surface area (Å²) in [5, 5.41) is 11.3. The van der Waals surface area contributed by atoms with E-state index < -0.39 is 6.10 Å². The SMILES string of the molecule is CCCCN(CC)C1COc2c(C)cc(Cl)cc2C1O. The van der Waals surface area contributed by atoms with E-state index >= 15 is 0 Å². The fourth-order valence-electron chi connectivity index (χ4n) is 2.86. The molecule has 0 aliphatic carbocycles. The number of ether oxygens (including phenoxy) is 1. The van der Waals surface area contributed by atoms with Gasteiger partial charge in [0.1, 0.15) is 18.5 Å². The summed E-state index contributed by atoms with van der Waals surface area (Å²) in [5.41, 5.74) is 1.81. The van der Waals surface area contributed by atoms with Crippen molar-refractivity contribution in [2.45, 2.75) is 45.8 Å². The Labute approximate surface area is 126 Å². The maximum Gasteiger partial charge on any atom is 0.128 e. The molecule has 0 saturated heterocycles. The van der Waals surface area contributed by atoms with E-state index in [9.17, 15) is 5.11 Å². The number of aryl methyl sites for hydroxylation is 1. The van der Waals surface area contributed by atoms with Crippen molar-refractivity contribution in [2.75, 3.05) is 19.7 Å². The molecule has 0 radical (unpaired) electrons. The van der Waals surface area contributed by atoms with Crippen LogP contribution in [0.25, 0.3) is 0 Å². The molecule has 1 aliphatic rings. The third-order valence-electron chi connectivity index (χ3n) is 4.02. The molecule has 0 bridgehead atoms. The minimum absolute atomic E-state index is 0.0110. The van der Waals surface area contributed by atoms with Crippen LogP contribution in [0.4, 0.5) is 0 Å². The van der Waals surface area contributed by atoms with Crippen LogP contribution in [0.5, 0.6) is 5.75 Å². The molecule has 4 heteroatoms. The Balaban J connectivity index is 2.24. The molecule has 3 nitrogen and oxygen atoms in total. The van der Waals surface area contributed by atoms with Crippen molar-refractivity contribution in [3.05, 3.63) is 28.3 Å². The number of fused-ring (bicyclic) bond motifs is 1. The molecule has 1 aromatic rings. The number of nitrogens with zero attached hydrogens (tertiary/aromatic N) is 1. The highest BCUT2D eigenvalue weighted by molar-refractivity contribution is 6.30. The van der Waals surface area contributed by atoms with Gasteiger partial charge in [-0.05, 0) is 44.1 Å². The van der Waals surface area contributed by atoms with Gasteiger partial charge in [-0.25, -0.2) is 0 Å². The molecule has 1 heterocycles. The van der Waals surface area contributed by atoms with Crippen LogP contribution < -0.4 is 4.74 Å². The molecule has 1 aromatic carbocycles. The first kappa shape index (κ1) is 15.6. The quantitative estimate of drug-likeness (QED) is 0.902. The number of hydrogen-bond acceptors (Lipinski definition) is 3. The summed E-state index contributed by atoms with van der Waals surface area (Å²) in [6.45, 7) is 8.72. The Bertz CT molecular complexity index is 464. The number of aliphatic hydroxyl groups excluding tert-OH is 1. The molecule has 1 N–H and O–H groups in total. The Kier molecular flexibility index (Phi) is 5.30. The van der Waals surface area contributed by atoms with E-state index in [1.807, 2.05) is 19.1 Å². The van der Waals surface area contributed by atoms with Crippen molar-refractivity contribution < 1.29 is 9.84 Å². The largest absolute Gasteiger partial charge is 0.491 e. The molecule has 0 spiro atoms. The monoisotopic (exact) mass is 297 g/mol. The van der Waals surface area contributed by atoms with E-state index in [1.54, 1.807) is 0 Å². The van der Waals surface area contributed by atoms with Crippen molar-refractivity contribution in [1.29, 1.82) is 0 Å². The lowest BCUT2D eigenvalue weighted by Gasteiger charge is -2.38. The first-order valence-corrected chi connectivity index (χ1v) is 7.81. The Hall–Kier alpha value is -0.770. The van der Waals surface area contributed by atoms with Gasteiger partial charge in [-0.1, -0.05) is 31.9 Å². The minimum Gasteiger partial charge on any atom is -0.491 e. The summed E-state index contributed by atoms with van der Waals surface area (Å²) in [6.07, 6.45) is 1.76. The zero-order chi connectivity index (χ0) is 14.7. The van der Waals surface area contributed by atoms with Gasteiger partial charge in [-0.3, -0.25) is 4.90 Å². The minimum atomic E-state index is -0.534. The Morgan fingerprint density at radius 3 is 2.80 bits per heavy atom. The lowest BCUT2D eigenvalue weighted by molar-refractivity contribution is 0.00475. The third kappa shape index (κ3) is 3.11. The standard InChI is InChI=1S/C16H24ClNO2/c1-4-6-7-18(5-2)14-10-20-16-11(3)8-12(17)9-13(16)15(14)19/h8-9,14-15,19H,4-7,10H2,1-3H3. The van der Waals surface area contributed by atoms with Crippen molar-refractivity contribution in [3.8, 4) is 5.75 Å². The van der Waals surface area contributed by atoms with Crippen LogP contribution in [0, 0.1) is 6.92 Å². The highest BCUT2D eigenvalue weighted by atomic mass is 35.5. The first-order valence-electron chi connectivity index (χ1n) is 7.43. The summed E-state index contributed by atoms with van der Waals surface area (Å²) in [7, 11) is 0. The average molecular weight is 298 g/mol. The first-order chi connectivity index (χ1) is 9.58. The van der Waals surface area contributed by atoms with Gasteiger partial charge in [0, 0.05) is 10.6 Å². The zero-order valence-corrected chi connectivity index (χ0v) is 13.3. The second kappa shape index (κ2) is 6.79. The van der Waals surface area contributed by atoms with E-state index in [-0.39, 0.29) is 6.04 Å². The Morgan fingerprint density at radius 1 is 1.40 bits per heavy atom. The molecule has 2 atom stereocenters. The predicted molar refractivity (Wildman–Crippen MR) is 82.6 cm³/mol. The maximum absolute atomic E-state index is 10.7. The normalized spacial score (nSPS) is 21.7. The molecule has 0 fully saturated rings. The van der Waals surface area contributed by atoms with Crippen LogP contribution in [0.15, 0.2) is 12.1 Å². The van der Waals surface area contributed by atoms with Gasteiger partial charge in [0.15, 0.2) is 0 Å². The lowest BCUT2D eigenvalue weighted by Crippen LogP contribution is -2.46. The molecule has 1 aliphatic heterocycles. The van der Waals surface area contributed by atoms with Crippen LogP contribution >= 0.6 is 11.6 Å². The molecule has 0 saturated carbocycles. The highest BCUT2D eigenvalue weighted by Gasteiger charge is 2.33. The van der Waals surface area contributed by atoms with E-state index in [2.05, 4.69) is 18.7 Å². The number of aliphatic hydroxyl groups is 1.